The first-order valence-corrected chi connectivity index (χ1v) is 10.3. The van der Waals surface area contributed by atoms with Crippen molar-refractivity contribution in [3.63, 3.8) is 0 Å². The second-order valence-electron chi connectivity index (χ2n) is 5.85. The van der Waals surface area contributed by atoms with Gasteiger partial charge in [0.05, 0.1) is 15.1 Å². The summed E-state index contributed by atoms with van der Waals surface area (Å²) in [5.41, 5.74) is 1.43. The quantitative estimate of drug-likeness (QED) is 0.417. The van der Waals surface area contributed by atoms with E-state index in [9.17, 15) is 9.59 Å². The van der Waals surface area contributed by atoms with Gasteiger partial charge >= 0.3 is 0 Å². The van der Waals surface area contributed by atoms with E-state index in [1.165, 1.54) is 29.6 Å². The van der Waals surface area contributed by atoms with Crippen molar-refractivity contribution < 1.29 is 9.59 Å². The van der Waals surface area contributed by atoms with Crippen LogP contribution >= 0.6 is 34.9 Å². The van der Waals surface area contributed by atoms with Crippen LogP contribution in [0, 0.1) is 4.77 Å². The van der Waals surface area contributed by atoms with E-state index >= 15 is 0 Å². The highest BCUT2D eigenvalue weighted by Crippen LogP contribution is 2.28. The Kier molecular flexibility index (Phi) is 5.03. The number of thiophene rings is 1. The fourth-order valence-electron chi connectivity index (χ4n) is 2.62. The third-order valence-electron chi connectivity index (χ3n) is 3.76. The van der Waals surface area contributed by atoms with Crippen LogP contribution in [0.2, 0.25) is 0 Å². The van der Waals surface area contributed by atoms with Crippen molar-refractivity contribution in [2.45, 2.75) is 13.5 Å². The van der Waals surface area contributed by atoms with Crippen LogP contribution in [-0.4, -0.2) is 31.6 Å². The summed E-state index contributed by atoms with van der Waals surface area (Å²) in [6, 6.07) is 9.23. The number of nitrogens with one attached hydrogen (secondary N) is 3. The molecule has 11 heteroatoms. The third-order valence-corrected chi connectivity index (χ3v) is 5.87. The van der Waals surface area contributed by atoms with Crippen LogP contribution in [0.1, 0.15) is 6.92 Å². The molecule has 2 amide bonds. The van der Waals surface area contributed by atoms with Gasteiger partial charge in [-0.15, -0.1) is 11.3 Å². The summed E-state index contributed by atoms with van der Waals surface area (Å²) in [4.78, 5) is 29.1. The van der Waals surface area contributed by atoms with Gasteiger partial charge < -0.3 is 10.6 Å². The summed E-state index contributed by atoms with van der Waals surface area (Å²) in [7, 11) is 0. The molecule has 0 aliphatic rings. The van der Waals surface area contributed by atoms with Gasteiger partial charge in [-0.3, -0.25) is 19.3 Å². The largest absolute Gasteiger partial charge is 0.326 e. The molecule has 3 aromatic heterocycles. The van der Waals surface area contributed by atoms with Crippen molar-refractivity contribution in [2.24, 2.45) is 0 Å². The highest BCUT2D eigenvalue weighted by molar-refractivity contribution is 7.71. The highest BCUT2D eigenvalue weighted by atomic mass is 32.1. The minimum absolute atomic E-state index is 0.0234. The van der Waals surface area contributed by atoms with Crippen LogP contribution in [-0.2, 0) is 16.1 Å². The van der Waals surface area contributed by atoms with Crippen LogP contribution < -0.4 is 10.6 Å². The smallest absolute Gasteiger partial charge is 0.246 e. The molecule has 0 aliphatic carbocycles. The molecule has 0 saturated carbocycles. The van der Waals surface area contributed by atoms with Gasteiger partial charge in [0.15, 0.2) is 15.7 Å². The number of fused-ring (bicyclic) bond motifs is 1. The lowest BCUT2D eigenvalue weighted by Gasteiger charge is -2.05. The van der Waals surface area contributed by atoms with Gasteiger partial charge in [0.2, 0.25) is 11.8 Å². The molecular weight excluding hydrogens is 416 g/mol. The van der Waals surface area contributed by atoms with E-state index in [2.05, 4.69) is 25.8 Å². The van der Waals surface area contributed by atoms with Crippen molar-refractivity contribution in [1.82, 2.24) is 19.7 Å². The fraction of sp³-hybridized carbons (Fsp3) is 0.118. The minimum Gasteiger partial charge on any atom is -0.326 e. The number of amides is 2. The Morgan fingerprint density at radius 3 is 2.89 bits per heavy atom. The summed E-state index contributed by atoms with van der Waals surface area (Å²) >= 11 is 8.11. The van der Waals surface area contributed by atoms with Gasteiger partial charge in [0.25, 0.3) is 0 Å². The van der Waals surface area contributed by atoms with Crippen molar-refractivity contribution in [3.05, 3.63) is 40.5 Å². The van der Waals surface area contributed by atoms with E-state index in [1.54, 1.807) is 16.7 Å². The summed E-state index contributed by atoms with van der Waals surface area (Å²) in [6.45, 7) is 1.48. The number of rotatable bonds is 5. The maximum absolute atomic E-state index is 12.5. The molecule has 1 aromatic carbocycles. The van der Waals surface area contributed by atoms with Crippen LogP contribution in [0.3, 0.4) is 0 Å². The molecule has 4 rings (SSSR count). The molecule has 0 fully saturated rings. The molecule has 0 bridgehead atoms. The lowest BCUT2D eigenvalue weighted by atomic mass is 10.3. The Labute approximate surface area is 172 Å². The number of carbonyl (C=O) groups is 2. The molecule has 0 radical (unpaired) electrons. The summed E-state index contributed by atoms with van der Waals surface area (Å²) < 4.78 is 2.89. The van der Waals surface area contributed by atoms with Crippen LogP contribution in [0.5, 0.6) is 0 Å². The normalized spacial score (nSPS) is 10.9. The lowest BCUT2D eigenvalue weighted by molar-refractivity contribution is -0.117. The molecule has 0 spiro atoms. The van der Waals surface area contributed by atoms with Crippen molar-refractivity contribution in [1.29, 1.82) is 0 Å². The van der Waals surface area contributed by atoms with E-state index in [4.69, 9.17) is 12.2 Å². The van der Waals surface area contributed by atoms with Gasteiger partial charge in [-0.2, -0.15) is 5.10 Å². The predicted octanol–water partition coefficient (Wildman–Crippen LogP) is 3.88. The molecule has 28 heavy (non-hydrogen) atoms. The Morgan fingerprint density at radius 1 is 1.29 bits per heavy atom. The summed E-state index contributed by atoms with van der Waals surface area (Å²) in [5.74, 6) is 0.228. The molecule has 0 atom stereocenters. The number of H-pyrrole nitrogens is 1. The Morgan fingerprint density at radius 2 is 2.14 bits per heavy atom. The number of aromatic amines is 1. The monoisotopic (exact) mass is 430 g/mol. The van der Waals surface area contributed by atoms with E-state index in [1.807, 2.05) is 23.6 Å². The van der Waals surface area contributed by atoms with Crippen molar-refractivity contribution in [2.75, 3.05) is 10.6 Å². The van der Waals surface area contributed by atoms with Gasteiger partial charge in [0, 0.05) is 12.6 Å². The average molecular weight is 431 g/mol. The first-order valence-electron chi connectivity index (χ1n) is 8.17. The van der Waals surface area contributed by atoms with E-state index in [-0.39, 0.29) is 18.4 Å². The Bertz CT molecular complexity index is 1220. The van der Waals surface area contributed by atoms with Crippen molar-refractivity contribution >= 4 is 67.7 Å². The van der Waals surface area contributed by atoms with E-state index in [0.29, 0.717) is 21.4 Å². The number of nitrogens with zero attached hydrogens (tertiary/aromatic N) is 3. The van der Waals surface area contributed by atoms with Gasteiger partial charge in [-0.25, -0.2) is 4.98 Å². The minimum atomic E-state index is -0.253. The molecule has 142 valence electrons. The van der Waals surface area contributed by atoms with Crippen molar-refractivity contribution in [3.8, 4) is 10.7 Å². The Balaban J connectivity index is 1.52. The molecule has 0 saturated heterocycles. The maximum atomic E-state index is 12.5. The number of benzene rings is 1. The molecule has 4 aromatic rings. The first-order chi connectivity index (χ1) is 13.5. The zero-order chi connectivity index (χ0) is 19.7. The Hall–Kier alpha value is -2.89. The molecule has 0 aliphatic heterocycles. The number of anilines is 2. The zero-order valence-electron chi connectivity index (χ0n) is 14.6. The highest BCUT2D eigenvalue weighted by Gasteiger charge is 2.15. The number of carbonyl (C=O) groups excluding carboxylic acids is 2. The van der Waals surface area contributed by atoms with Crippen LogP contribution in [0.25, 0.3) is 20.9 Å². The maximum Gasteiger partial charge on any atom is 0.246 e. The van der Waals surface area contributed by atoms with Gasteiger partial charge in [-0.1, -0.05) is 17.4 Å². The molecule has 8 nitrogen and oxygen atoms in total. The standard InChI is InChI=1S/C17H14N6O2S3/c1-9(24)18-10-4-5-11-13(7-10)28-16(19-11)20-14(25)8-23-15(21-22-17(23)26)12-3-2-6-27-12/h2-7H,8H2,1H3,(H,18,24)(H,22,26)(H,19,20,25). The topological polar surface area (TPSA) is 105 Å². The summed E-state index contributed by atoms with van der Waals surface area (Å²) in [6.07, 6.45) is 0. The first kappa shape index (κ1) is 18.5. The fourth-order valence-corrected chi connectivity index (χ4v) is 4.46. The van der Waals surface area contributed by atoms with E-state index < -0.39 is 0 Å². The lowest BCUT2D eigenvalue weighted by Crippen LogP contribution is -2.19. The molecule has 0 unspecified atom stereocenters. The average Bonchev–Trinajstić information content (AvgIpc) is 3.35. The number of hydrogen-bond acceptors (Lipinski definition) is 7. The number of thiazole rings is 1. The molecule has 3 heterocycles. The van der Waals surface area contributed by atoms with Gasteiger partial charge in [0.1, 0.15) is 6.54 Å². The molecule has 3 N–H and O–H groups in total. The predicted molar refractivity (Wildman–Crippen MR) is 113 cm³/mol. The van der Waals surface area contributed by atoms with E-state index in [0.717, 1.165) is 15.1 Å². The second kappa shape index (κ2) is 7.62. The summed E-state index contributed by atoms with van der Waals surface area (Å²) in [5, 5.41) is 14.9. The number of hydrogen-bond donors (Lipinski definition) is 3. The number of aromatic nitrogens is 4. The third kappa shape index (κ3) is 3.86. The zero-order valence-corrected chi connectivity index (χ0v) is 17.0. The van der Waals surface area contributed by atoms with Crippen LogP contribution in [0.15, 0.2) is 35.7 Å². The van der Waals surface area contributed by atoms with Gasteiger partial charge in [-0.05, 0) is 41.9 Å². The second-order valence-corrected chi connectivity index (χ2v) is 8.21. The SMILES string of the molecule is CC(=O)Nc1ccc2nc(NC(=O)Cn3c(-c4cccs4)n[nH]c3=S)sc2c1. The molecular formula is C17H14N6O2S3. The van der Waals surface area contributed by atoms with Crippen LogP contribution in [0.4, 0.5) is 10.8 Å².